The summed E-state index contributed by atoms with van der Waals surface area (Å²) in [5.74, 6) is -0.686. The maximum Gasteiger partial charge on any atom is 0.317 e. The molecule has 1 fully saturated rings. The first kappa shape index (κ1) is 18.5. The Morgan fingerprint density at radius 2 is 1.96 bits per heavy atom. The second-order valence-electron chi connectivity index (χ2n) is 6.59. The van der Waals surface area contributed by atoms with Crippen molar-refractivity contribution in [1.29, 1.82) is 0 Å². The van der Waals surface area contributed by atoms with E-state index in [1.165, 1.54) is 0 Å². The van der Waals surface area contributed by atoms with Crippen molar-refractivity contribution in [1.82, 2.24) is 9.80 Å². The van der Waals surface area contributed by atoms with Gasteiger partial charge in [-0.15, -0.1) is 0 Å². The fourth-order valence-corrected chi connectivity index (χ4v) is 3.54. The summed E-state index contributed by atoms with van der Waals surface area (Å²) in [7, 11) is 1.86. The average Bonchev–Trinajstić information content (AvgIpc) is 2.82. The Labute approximate surface area is 144 Å². The summed E-state index contributed by atoms with van der Waals surface area (Å²) in [5.41, 5.74) is 1.08. The van der Waals surface area contributed by atoms with E-state index in [9.17, 15) is 9.59 Å². The standard InChI is InChI=1S/C19H28N2O3/c1-3-17(15-8-5-4-6-9-15)19(24)21-12-7-10-16(11-13-21)20(2)14-18(22)23/h4-6,8-9,16-17H,3,7,10-14H2,1-2H3,(H,22,23). The van der Waals surface area contributed by atoms with Crippen LogP contribution in [-0.2, 0) is 9.59 Å². The van der Waals surface area contributed by atoms with Gasteiger partial charge in [0.2, 0.25) is 5.91 Å². The van der Waals surface area contributed by atoms with E-state index in [0.29, 0.717) is 6.54 Å². The van der Waals surface area contributed by atoms with Gasteiger partial charge in [0.15, 0.2) is 0 Å². The summed E-state index contributed by atoms with van der Waals surface area (Å²) in [6.07, 6.45) is 3.49. The summed E-state index contributed by atoms with van der Waals surface area (Å²) in [6.45, 7) is 3.58. The van der Waals surface area contributed by atoms with E-state index in [0.717, 1.165) is 37.8 Å². The second kappa shape index (κ2) is 8.83. The molecular weight excluding hydrogens is 304 g/mol. The van der Waals surface area contributed by atoms with Crippen molar-refractivity contribution in [2.24, 2.45) is 0 Å². The molecule has 0 aliphatic carbocycles. The van der Waals surface area contributed by atoms with Crippen molar-refractivity contribution in [3.8, 4) is 0 Å². The van der Waals surface area contributed by atoms with Gasteiger partial charge in [-0.3, -0.25) is 14.5 Å². The van der Waals surface area contributed by atoms with Crippen LogP contribution in [0.4, 0.5) is 0 Å². The SMILES string of the molecule is CCC(C(=O)N1CCCC(N(C)CC(=O)O)CC1)c1ccccc1. The van der Waals surface area contributed by atoms with Crippen LogP contribution in [0.2, 0.25) is 0 Å². The fourth-order valence-electron chi connectivity index (χ4n) is 3.54. The van der Waals surface area contributed by atoms with Gasteiger partial charge >= 0.3 is 5.97 Å². The van der Waals surface area contributed by atoms with E-state index < -0.39 is 5.97 Å². The first-order valence-electron chi connectivity index (χ1n) is 8.78. The Hall–Kier alpha value is -1.88. The van der Waals surface area contributed by atoms with E-state index in [2.05, 4.69) is 6.92 Å². The van der Waals surface area contributed by atoms with Gasteiger partial charge < -0.3 is 10.0 Å². The van der Waals surface area contributed by atoms with Gasteiger partial charge in [0, 0.05) is 19.1 Å². The van der Waals surface area contributed by atoms with Crippen LogP contribution in [0.3, 0.4) is 0 Å². The van der Waals surface area contributed by atoms with E-state index in [4.69, 9.17) is 5.11 Å². The predicted molar refractivity (Wildman–Crippen MR) is 94.0 cm³/mol. The molecule has 2 rings (SSSR count). The van der Waals surface area contributed by atoms with Crippen molar-refractivity contribution < 1.29 is 14.7 Å². The molecule has 5 nitrogen and oxygen atoms in total. The van der Waals surface area contributed by atoms with E-state index in [1.54, 1.807) is 0 Å². The van der Waals surface area contributed by atoms with Crippen molar-refractivity contribution in [2.45, 2.75) is 44.6 Å². The van der Waals surface area contributed by atoms with Crippen molar-refractivity contribution in [2.75, 3.05) is 26.7 Å². The van der Waals surface area contributed by atoms with Gasteiger partial charge in [0.1, 0.15) is 0 Å². The summed E-state index contributed by atoms with van der Waals surface area (Å²) >= 11 is 0. The molecule has 0 bridgehead atoms. The molecule has 132 valence electrons. The number of carbonyl (C=O) groups excluding carboxylic acids is 1. The van der Waals surface area contributed by atoms with Crippen molar-refractivity contribution in [3.63, 3.8) is 0 Å². The van der Waals surface area contributed by atoms with E-state index in [-0.39, 0.29) is 24.4 Å². The molecule has 24 heavy (non-hydrogen) atoms. The lowest BCUT2D eigenvalue weighted by Gasteiger charge is -2.27. The molecule has 5 heteroatoms. The molecule has 1 heterocycles. The smallest absolute Gasteiger partial charge is 0.317 e. The average molecular weight is 332 g/mol. The first-order valence-corrected chi connectivity index (χ1v) is 8.78. The lowest BCUT2D eigenvalue weighted by molar-refractivity contribution is -0.138. The number of nitrogens with zero attached hydrogens (tertiary/aromatic N) is 2. The Morgan fingerprint density at radius 3 is 2.58 bits per heavy atom. The summed E-state index contributed by atoms with van der Waals surface area (Å²) in [5, 5.41) is 8.95. The van der Waals surface area contributed by atoms with Gasteiger partial charge in [-0.05, 0) is 38.3 Å². The molecule has 2 atom stereocenters. The maximum atomic E-state index is 13.0. The van der Waals surface area contributed by atoms with Gasteiger partial charge in [-0.2, -0.15) is 0 Å². The number of likely N-dealkylation sites (tertiary alicyclic amines) is 1. The lowest BCUT2D eigenvalue weighted by Crippen LogP contribution is -2.38. The molecule has 2 unspecified atom stereocenters. The van der Waals surface area contributed by atoms with Gasteiger partial charge in [-0.1, -0.05) is 37.3 Å². The normalized spacial score (nSPS) is 19.8. The summed E-state index contributed by atoms with van der Waals surface area (Å²) in [6, 6.07) is 10.2. The molecule has 0 aromatic heterocycles. The monoisotopic (exact) mass is 332 g/mol. The second-order valence-corrected chi connectivity index (χ2v) is 6.59. The minimum absolute atomic E-state index is 0.0558. The number of carboxylic acids is 1. The van der Waals surface area contributed by atoms with Crippen LogP contribution in [0, 0.1) is 0 Å². The number of aliphatic carboxylic acids is 1. The summed E-state index contributed by atoms with van der Waals surface area (Å²) in [4.78, 5) is 27.7. The Morgan fingerprint density at radius 1 is 1.25 bits per heavy atom. The largest absolute Gasteiger partial charge is 0.480 e. The molecule has 1 aliphatic rings. The van der Waals surface area contributed by atoms with Crippen LogP contribution < -0.4 is 0 Å². The third kappa shape index (κ3) is 4.81. The van der Waals surface area contributed by atoms with E-state index in [1.807, 2.05) is 47.2 Å². The molecular formula is C19H28N2O3. The molecule has 0 radical (unpaired) electrons. The number of amides is 1. The Kier molecular flexibility index (Phi) is 6.79. The highest BCUT2D eigenvalue weighted by atomic mass is 16.4. The molecule has 1 amide bonds. The number of hydrogen-bond acceptors (Lipinski definition) is 3. The third-order valence-electron chi connectivity index (χ3n) is 4.93. The number of carboxylic acid groups (broad SMARTS) is 1. The molecule has 0 spiro atoms. The van der Waals surface area contributed by atoms with Crippen LogP contribution in [0.5, 0.6) is 0 Å². The van der Waals surface area contributed by atoms with Gasteiger partial charge in [-0.25, -0.2) is 0 Å². The number of hydrogen-bond donors (Lipinski definition) is 1. The molecule has 1 saturated heterocycles. The van der Waals surface area contributed by atoms with Crippen LogP contribution >= 0.6 is 0 Å². The molecule has 1 aromatic rings. The highest BCUT2D eigenvalue weighted by molar-refractivity contribution is 5.83. The third-order valence-corrected chi connectivity index (χ3v) is 4.93. The zero-order valence-corrected chi connectivity index (χ0v) is 14.6. The maximum absolute atomic E-state index is 13.0. The molecule has 1 N–H and O–H groups in total. The summed E-state index contributed by atoms with van der Waals surface area (Å²) < 4.78 is 0. The molecule has 0 saturated carbocycles. The van der Waals surface area contributed by atoms with Crippen LogP contribution in [0.15, 0.2) is 30.3 Å². The van der Waals surface area contributed by atoms with Crippen LogP contribution in [-0.4, -0.2) is 59.5 Å². The van der Waals surface area contributed by atoms with Crippen molar-refractivity contribution in [3.05, 3.63) is 35.9 Å². The quantitative estimate of drug-likeness (QED) is 0.870. The molecule has 1 aromatic carbocycles. The zero-order valence-electron chi connectivity index (χ0n) is 14.6. The lowest BCUT2D eigenvalue weighted by atomic mass is 9.95. The number of carbonyl (C=O) groups is 2. The highest BCUT2D eigenvalue weighted by Crippen LogP contribution is 2.24. The van der Waals surface area contributed by atoms with Gasteiger partial charge in [0.05, 0.1) is 12.5 Å². The minimum Gasteiger partial charge on any atom is -0.480 e. The zero-order chi connectivity index (χ0) is 17.5. The molecule has 1 aliphatic heterocycles. The van der Waals surface area contributed by atoms with Crippen LogP contribution in [0.1, 0.15) is 44.1 Å². The number of benzene rings is 1. The van der Waals surface area contributed by atoms with Crippen LogP contribution in [0.25, 0.3) is 0 Å². The predicted octanol–water partition coefficient (Wildman–Crippen LogP) is 2.58. The number of rotatable bonds is 6. The van der Waals surface area contributed by atoms with Crippen molar-refractivity contribution >= 4 is 11.9 Å². The topological polar surface area (TPSA) is 60.9 Å². The minimum atomic E-state index is -0.801. The van der Waals surface area contributed by atoms with Gasteiger partial charge in [0.25, 0.3) is 0 Å². The van der Waals surface area contributed by atoms with E-state index >= 15 is 0 Å². The first-order chi connectivity index (χ1) is 11.5. The fraction of sp³-hybridized carbons (Fsp3) is 0.579. The Bertz CT molecular complexity index is 547. The Balaban J connectivity index is 1.99. The highest BCUT2D eigenvalue weighted by Gasteiger charge is 2.28. The number of likely N-dealkylation sites (N-methyl/N-ethyl adjacent to an activating group) is 1.